The van der Waals surface area contributed by atoms with Crippen LogP contribution in [0.5, 0.6) is 0 Å². The molecule has 56 nitrogen and oxygen atoms in total. The van der Waals surface area contributed by atoms with Crippen LogP contribution in [-0.4, -0.2) is 404 Å². The summed E-state index contributed by atoms with van der Waals surface area (Å²) in [5.41, 5.74) is 0. The van der Waals surface area contributed by atoms with Crippen molar-refractivity contribution >= 4 is 137 Å². The molecule has 0 spiro atoms. The minimum atomic E-state index is -2.46. The molecule has 0 saturated carbocycles. The second kappa shape index (κ2) is 57.0. The number of nitrogens with zero attached hydrogens (tertiary/aromatic N) is 1. The van der Waals surface area contributed by atoms with Crippen LogP contribution in [0.3, 0.4) is 0 Å². The normalized spacial score (nSPS) is 33.4. The third-order valence-electron chi connectivity index (χ3n) is 22.4. The van der Waals surface area contributed by atoms with Crippen LogP contribution in [0, 0.1) is 0 Å². The first-order valence-electron chi connectivity index (χ1n) is 47.1. The summed E-state index contributed by atoms with van der Waals surface area (Å²) < 4.78 is 212. The van der Waals surface area contributed by atoms with Gasteiger partial charge in [0, 0.05) is 158 Å². The maximum absolute atomic E-state index is 14.3. The molecule has 0 amide bonds. The zero-order valence-electron chi connectivity index (χ0n) is 85.3. The maximum atomic E-state index is 14.3. The van der Waals surface area contributed by atoms with Crippen molar-refractivity contribution in [3.63, 3.8) is 0 Å². The summed E-state index contributed by atoms with van der Waals surface area (Å²) in [4.78, 5) is 279. The Bertz CT molecular complexity index is 4350. The number of carbonyl (C=O) groups is 20. The number of nitrogens with one attached hydrogen (secondary N) is 1. The fourth-order valence-corrected chi connectivity index (χ4v) is 17.4. The molecule has 21 saturated heterocycles. The molecule has 57 heteroatoms. The standard InChI is InChI=1S/C91H128N2O54S/c1-23-25-27-93(28-26-24-2)91(148)92-29-56-63-70(120-42(9)100)77(127-49(16)107)84(134-56)142-64-57(30-114-36(3)94)136-86(79(129-51(18)109)71(64)121-43(10)101)144-66-59(32-116-38(5)96)138-88(81(131-53(20)111)73(66)123-45(12)103)146-68-61(34-118-40(7)98)140-90(83(133-55(22)113)75(68)125-47(14)105)147-69-62(35-119-41(8)99)139-89(82(132-54(21)112)76(69)126-48(15)106)145-67-60(33-117-39(6)97)137-87(80(130-52(19)110)74(67)124-46(13)104)143-65-58(31-115-37(4)95)135-85(141-63)78(128-50(17)108)72(65)122-44(11)102/h56-90H,23-35H2,1-22H3,(H,92,148). The first kappa shape index (κ1) is 122. The number of unbranched alkanes of at least 4 members (excludes halogenated alkanes) is 2. The molecule has 21 aliphatic heterocycles. The van der Waals surface area contributed by atoms with E-state index in [9.17, 15) is 95.9 Å². The molecule has 21 heterocycles. The van der Waals surface area contributed by atoms with E-state index in [4.69, 9.17) is 173 Å². The van der Waals surface area contributed by atoms with Gasteiger partial charge in [0.15, 0.2) is 135 Å². The van der Waals surface area contributed by atoms with E-state index in [0.717, 1.165) is 138 Å². The highest BCUT2D eigenvalue weighted by molar-refractivity contribution is 7.80. The number of carbonyl (C=O) groups excluding carboxylic acids is 20. The summed E-state index contributed by atoms with van der Waals surface area (Å²) in [7, 11) is 0. The molecule has 21 fully saturated rings. The molecule has 14 bridgehead atoms. The van der Waals surface area contributed by atoms with Crippen LogP contribution in [0.25, 0.3) is 0 Å². The Balaban J connectivity index is 1.54. The smallest absolute Gasteiger partial charge is 0.303 e. The average Bonchev–Trinajstić information content (AvgIpc) is 0.773. The van der Waals surface area contributed by atoms with Crippen LogP contribution in [0.15, 0.2) is 0 Å². The molecular formula is C91H128N2O54S. The number of rotatable bonds is 34. The summed E-state index contributed by atoms with van der Waals surface area (Å²) in [5.74, 6) is -24.6. The van der Waals surface area contributed by atoms with Gasteiger partial charge in [-0.25, -0.2) is 0 Å². The lowest BCUT2D eigenvalue weighted by atomic mass is 9.94. The van der Waals surface area contributed by atoms with Gasteiger partial charge in [-0.2, -0.15) is 0 Å². The van der Waals surface area contributed by atoms with Gasteiger partial charge < -0.3 is 171 Å². The Labute approximate surface area is 852 Å². The molecule has 0 aromatic heterocycles. The van der Waals surface area contributed by atoms with Gasteiger partial charge in [0.05, 0.1) is 0 Å². The van der Waals surface area contributed by atoms with Gasteiger partial charge in [-0.3, -0.25) is 95.9 Å². The number of hydrogen-bond acceptors (Lipinski definition) is 55. The molecule has 0 radical (unpaired) electrons. The maximum Gasteiger partial charge on any atom is 0.303 e. The summed E-state index contributed by atoms with van der Waals surface area (Å²) >= 11 is 6.10. The number of thiocarbonyl (C=S) groups is 1. The molecule has 0 aliphatic carbocycles. The van der Waals surface area contributed by atoms with E-state index < -0.39 is 381 Å². The zero-order chi connectivity index (χ0) is 110. The molecule has 148 heavy (non-hydrogen) atoms. The summed E-state index contributed by atoms with van der Waals surface area (Å²) in [6.07, 6.45) is -77.9. The molecular weight excluding hydrogens is 2020 g/mol. The van der Waals surface area contributed by atoms with E-state index >= 15 is 0 Å². The van der Waals surface area contributed by atoms with Crippen molar-refractivity contribution < 1.29 is 257 Å². The predicted molar refractivity (Wildman–Crippen MR) is 474 cm³/mol. The number of ether oxygens (including phenoxy) is 34. The lowest BCUT2D eigenvalue weighted by molar-refractivity contribution is -0.396. The highest BCUT2D eigenvalue weighted by Crippen LogP contribution is 2.45. The summed E-state index contributed by atoms with van der Waals surface area (Å²) in [6.45, 7) is 14.2. The molecule has 0 aromatic rings. The highest BCUT2D eigenvalue weighted by atomic mass is 32.1. The van der Waals surface area contributed by atoms with Gasteiger partial charge in [0.25, 0.3) is 0 Å². The van der Waals surface area contributed by atoms with Crippen LogP contribution >= 0.6 is 12.2 Å². The third-order valence-corrected chi connectivity index (χ3v) is 22.8. The topological polar surface area (TPSA) is 670 Å². The van der Waals surface area contributed by atoms with Gasteiger partial charge >= 0.3 is 119 Å². The summed E-state index contributed by atoms with van der Waals surface area (Å²) in [5, 5.41) is 3.14. The Morgan fingerprint density at radius 3 is 0.473 bits per heavy atom. The van der Waals surface area contributed by atoms with E-state index in [0.29, 0.717) is 38.8 Å². The second-order valence-electron chi connectivity index (χ2n) is 34.7. The monoisotopic (exact) mass is 2140 g/mol. The van der Waals surface area contributed by atoms with Crippen LogP contribution in [0.1, 0.15) is 178 Å². The average molecular weight is 2150 g/mol. The van der Waals surface area contributed by atoms with Gasteiger partial charge in [0.2, 0.25) is 0 Å². The largest absolute Gasteiger partial charge is 0.463 e. The number of esters is 20. The van der Waals surface area contributed by atoms with Gasteiger partial charge in [-0.1, -0.05) is 26.7 Å². The first-order valence-corrected chi connectivity index (χ1v) is 47.5. The fraction of sp³-hybridized carbons (Fsp3) is 0.769. The van der Waals surface area contributed by atoms with E-state index in [2.05, 4.69) is 5.32 Å². The van der Waals surface area contributed by atoms with Crippen LogP contribution in [-0.2, 0) is 257 Å². The van der Waals surface area contributed by atoms with Crippen molar-refractivity contribution in [3.05, 3.63) is 0 Å². The van der Waals surface area contributed by atoms with E-state index in [1.54, 1.807) is 4.90 Å². The Hall–Kier alpha value is -11.5. The fourth-order valence-electron chi connectivity index (χ4n) is 17.1. The van der Waals surface area contributed by atoms with E-state index in [1.165, 1.54) is 0 Å². The van der Waals surface area contributed by atoms with E-state index in [-0.39, 0.29) is 5.11 Å². The lowest BCUT2D eigenvalue weighted by Gasteiger charge is -2.52. The molecule has 35 atom stereocenters. The Kier molecular flexibility index (Phi) is 46.8. The minimum absolute atomic E-state index is 0.0180. The first-order chi connectivity index (χ1) is 69.6. The Morgan fingerprint density at radius 1 is 0.203 bits per heavy atom. The molecule has 0 aromatic carbocycles. The van der Waals surface area contributed by atoms with E-state index in [1.807, 2.05) is 13.8 Å². The summed E-state index contributed by atoms with van der Waals surface area (Å²) in [6, 6.07) is 0. The Morgan fingerprint density at radius 2 is 0.338 bits per heavy atom. The van der Waals surface area contributed by atoms with Crippen molar-refractivity contribution in [3.8, 4) is 0 Å². The quantitative estimate of drug-likeness (QED) is 0.0457. The van der Waals surface area contributed by atoms with Crippen molar-refractivity contribution in [1.29, 1.82) is 0 Å². The van der Waals surface area contributed by atoms with Crippen molar-refractivity contribution in [2.24, 2.45) is 0 Å². The predicted octanol–water partition coefficient (Wildman–Crippen LogP) is -1.03. The van der Waals surface area contributed by atoms with Crippen molar-refractivity contribution in [2.45, 2.75) is 393 Å². The second-order valence-corrected chi connectivity index (χ2v) is 35.1. The molecule has 35 unspecified atom stereocenters. The molecule has 21 aliphatic rings. The lowest BCUT2D eigenvalue weighted by Crippen LogP contribution is -2.70. The molecule has 21 rings (SSSR count). The minimum Gasteiger partial charge on any atom is -0.463 e. The van der Waals surface area contributed by atoms with Gasteiger partial charge in [-0.15, -0.1) is 0 Å². The van der Waals surface area contributed by atoms with Crippen LogP contribution in [0.4, 0.5) is 0 Å². The highest BCUT2D eigenvalue weighted by Gasteiger charge is 2.67. The van der Waals surface area contributed by atoms with Gasteiger partial charge in [0.1, 0.15) is 125 Å². The number of hydrogen-bond donors (Lipinski definition) is 1. The zero-order valence-corrected chi connectivity index (χ0v) is 86.1. The van der Waals surface area contributed by atoms with Crippen LogP contribution in [0.2, 0.25) is 0 Å². The van der Waals surface area contributed by atoms with Gasteiger partial charge in [-0.05, 0) is 25.1 Å². The molecule has 1 N–H and O–H groups in total. The third kappa shape index (κ3) is 35.6. The van der Waals surface area contributed by atoms with Crippen molar-refractivity contribution in [1.82, 2.24) is 10.2 Å². The SMILES string of the molecule is CCCCN(CCCC)C(=S)NCC1OC2OC3C(COC(C)=O)OC(OC4C(COC(C)=O)OC(OC5C(COC(C)=O)OC(OC6C(COC(C)=O)OC(OC7C(COC(C)=O)OC(OC8C(COC(C)=O)OC(OC1C(OC(C)=O)C2OC(C)=O)C(OC(C)=O)C8OC(C)=O)C(OC(C)=O)C7OC(C)=O)C(OC(C)=O)C6OC(C)=O)C(OC(C)=O)C5OC(C)=O)C(OC(C)=O)C4OC(C)=O)C(OC(C)=O)C3OC(C)=O. The van der Waals surface area contributed by atoms with Crippen LogP contribution < -0.4 is 5.32 Å². The van der Waals surface area contributed by atoms with Crippen molar-refractivity contribution in [2.75, 3.05) is 59.3 Å². The molecule has 832 valence electrons.